The van der Waals surface area contributed by atoms with Crippen LogP contribution < -0.4 is 10.6 Å². The Balaban J connectivity index is 1.70. The third-order valence-corrected chi connectivity index (χ3v) is 4.20. The van der Waals surface area contributed by atoms with Crippen molar-refractivity contribution in [2.75, 3.05) is 5.32 Å². The first-order valence-corrected chi connectivity index (χ1v) is 8.04. The molecule has 126 valence electrons. The SMILES string of the molecule is O=C1CCC(Nc2ncnc3c2cnn3-c2cccc(Cl)c2)C(=O)N1. The summed E-state index contributed by atoms with van der Waals surface area (Å²) in [4.78, 5) is 31.7. The van der Waals surface area contributed by atoms with E-state index in [4.69, 9.17) is 11.6 Å². The highest BCUT2D eigenvalue weighted by Gasteiger charge is 2.27. The highest BCUT2D eigenvalue weighted by molar-refractivity contribution is 6.30. The molecule has 0 aliphatic carbocycles. The number of hydrogen-bond acceptors (Lipinski definition) is 6. The zero-order valence-corrected chi connectivity index (χ0v) is 13.7. The molecule has 1 aliphatic heterocycles. The van der Waals surface area contributed by atoms with Gasteiger partial charge in [0.2, 0.25) is 11.8 Å². The number of aromatic nitrogens is 4. The van der Waals surface area contributed by atoms with Crippen LogP contribution in [0.3, 0.4) is 0 Å². The molecule has 0 bridgehead atoms. The normalized spacial score (nSPS) is 17.6. The molecule has 25 heavy (non-hydrogen) atoms. The van der Waals surface area contributed by atoms with Crippen molar-refractivity contribution in [3.05, 3.63) is 41.8 Å². The highest BCUT2D eigenvalue weighted by Crippen LogP contribution is 2.24. The summed E-state index contributed by atoms with van der Waals surface area (Å²) in [7, 11) is 0. The zero-order valence-electron chi connectivity index (χ0n) is 12.9. The average molecular weight is 357 g/mol. The maximum atomic E-state index is 11.9. The Morgan fingerprint density at radius 2 is 2.16 bits per heavy atom. The van der Waals surface area contributed by atoms with E-state index in [9.17, 15) is 9.59 Å². The second-order valence-corrected chi connectivity index (χ2v) is 6.08. The number of benzene rings is 1. The number of nitrogens with zero attached hydrogens (tertiary/aromatic N) is 4. The number of halogens is 1. The number of imide groups is 1. The Bertz CT molecular complexity index is 986. The van der Waals surface area contributed by atoms with Gasteiger partial charge in [0.15, 0.2) is 5.65 Å². The topological polar surface area (TPSA) is 102 Å². The van der Waals surface area contributed by atoms with E-state index in [0.717, 1.165) is 5.69 Å². The van der Waals surface area contributed by atoms with E-state index in [1.165, 1.54) is 6.33 Å². The highest BCUT2D eigenvalue weighted by atomic mass is 35.5. The fourth-order valence-corrected chi connectivity index (χ4v) is 2.94. The lowest BCUT2D eigenvalue weighted by atomic mass is 10.1. The lowest BCUT2D eigenvalue weighted by Crippen LogP contribution is -2.47. The molecule has 1 unspecified atom stereocenters. The molecule has 4 rings (SSSR count). The maximum Gasteiger partial charge on any atom is 0.249 e. The minimum atomic E-state index is -0.523. The Hall–Kier alpha value is -3.00. The van der Waals surface area contributed by atoms with Gasteiger partial charge in [0.25, 0.3) is 0 Å². The van der Waals surface area contributed by atoms with E-state index in [0.29, 0.717) is 34.7 Å². The van der Waals surface area contributed by atoms with Crippen LogP contribution >= 0.6 is 11.6 Å². The second kappa shape index (κ2) is 6.14. The number of nitrogens with one attached hydrogen (secondary N) is 2. The van der Waals surface area contributed by atoms with E-state index in [2.05, 4.69) is 25.7 Å². The molecule has 0 radical (unpaired) electrons. The van der Waals surface area contributed by atoms with Gasteiger partial charge in [-0.25, -0.2) is 14.6 Å². The van der Waals surface area contributed by atoms with Gasteiger partial charge in [-0.3, -0.25) is 14.9 Å². The van der Waals surface area contributed by atoms with Crippen LogP contribution in [0.1, 0.15) is 12.8 Å². The molecule has 3 aromatic rings. The minimum Gasteiger partial charge on any atom is -0.358 e. The van der Waals surface area contributed by atoms with E-state index < -0.39 is 6.04 Å². The molecule has 2 N–H and O–H groups in total. The van der Waals surface area contributed by atoms with Crippen LogP contribution in [0.2, 0.25) is 5.02 Å². The monoisotopic (exact) mass is 356 g/mol. The standard InChI is InChI=1S/C16H13ClN6O2/c17-9-2-1-3-10(6-9)23-15-11(7-20-23)14(18-8-19-15)21-12-4-5-13(24)22-16(12)25/h1-3,6-8,12H,4-5H2,(H,18,19,21)(H,22,24,25). The number of rotatable bonds is 3. The predicted molar refractivity (Wildman–Crippen MR) is 91.5 cm³/mol. The van der Waals surface area contributed by atoms with Crippen molar-refractivity contribution >= 4 is 40.3 Å². The van der Waals surface area contributed by atoms with Gasteiger partial charge < -0.3 is 5.32 Å². The summed E-state index contributed by atoms with van der Waals surface area (Å²) in [6.45, 7) is 0. The molecular formula is C16H13ClN6O2. The fraction of sp³-hybridized carbons (Fsp3) is 0.188. The summed E-state index contributed by atoms with van der Waals surface area (Å²) < 4.78 is 1.65. The number of hydrogen-bond donors (Lipinski definition) is 2. The third-order valence-electron chi connectivity index (χ3n) is 3.97. The van der Waals surface area contributed by atoms with Gasteiger partial charge in [-0.1, -0.05) is 17.7 Å². The van der Waals surface area contributed by atoms with Crippen LogP contribution in [0.5, 0.6) is 0 Å². The van der Waals surface area contributed by atoms with Crippen molar-refractivity contribution in [3.63, 3.8) is 0 Å². The molecule has 0 spiro atoms. The van der Waals surface area contributed by atoms with Gasteiger partial charge in [0.05, 0.1) is 17.3 Å². The molecule has 2 aromatic heterocycles. The predicted octanol–water partition coefficient (Wildman–Crippen LogP) is 1.69. The molecule has 1 saturated heterocycles. The lowest BCUT2D eigenvalue weighted by molar-refractivity contribution is -0.133. The van der Waals surface area contributed by atoms with Crippen molar-refractivity contribution < 1.29 is 9.59 Å². The fourth-order valence-electron chi connectivity index (χ4n) is 2.75. The molecule has 8 nitrogen and oxygen atoms in total. The first-order valence-electron chi connectivity index (χ1n) is 7.67. The van der Waals surface area contributed by atoms with Crippen LogP contribution in [0.25, 0.3) is 16.7 Å². The Kier molecular flexibility index (Phi) is 3.81. The van der Waals surface area contributed by atoms with Crippen LogP contribution in [-0.4, -0.2) is 37.6 Å². The first-order chi connectivity index (χ1) is 12.1. The molecule has 1 fully saturated rings. The first kappa shape index (κ1) is 15.5. The molecular weight excluding hydrogens is 344 g/mol. The van der Waals surface area contributed by atoms with Crippen molar-refractivity contribution in [1.29, 1.82) is 0 Å². The number of carbonyl (C=O) groups excluding carboxylic acids is 2. The van der Waals surface area contributed by atoms with E-state index in [1.807, 2.05) is 12.1 Å². The number of piperidine rings is 1. The number of amides is 2. The van der Waals surface area contributed by atoms with Crippen molar-refractivity contribution in [2.24, 2.45) is 0 Å². The van der Waals surface area contributed by atoms with Crippen LogP contribution in [0.4, 0.5) is 5.82 Å². The Morgan fingerprint density at radius 3 is 2.96 bits per heavy atom. The van der Waals surface area contributed by atoms with Gasteiger partial charge in [0.1, 0.15) is 18.2 Å². The maximum absolute atomic E-state index is 11.9. The van der Waals surface area contributed by atoms with Crippen LogP contribution in [-0.2, 0) is 9.59 Å². The lowest BCUT2D eigenvalue weighted by Gasteiger charge is -2.22. The van der Waals surface area contributed by atoms with Crippen molar-refractivity contribution in [2.45, 2.75) is 18.9 Å². The van der Waals surface area contributed by atoms with Crippen LogP contribution in [0, 0.1) is 0 Å². The third kappa shape index (κ3) is 2.91. The number of fused-ring (bicyclic) bond motifs is 1. The average Bonchev–Trinajstić information content (AvgIpc) is 3.02. The van der Waals surface area contributed by atoms with Gasteiger partial charge in [-0.2, -0.15) is 5.10 Å². The zero-order chi connectivity index (χ0) is 17.4. The summed E-state index contributed by atoms with van der Waals surface area (Å²) in [5.41, 5.74) is 1.36. The molecule has 3 heterocycles. The molecule has 2 amide bonds. The van der Waals surface area contributed by atoms with Gasteiger partial charge in [-0.05, 0) is 24.6 Å². The largest absolute Gasteiger partial charge is 0.358 e. The van der Waals surface area contributed by atoms with Gasteiger partial charge in [-0.15, -0.1) is 0 Å². The summed E-state index contributed by atoms with van der Waals surface area (Å²) >= 11 is 6.04. The number of anilines is 1. The minimum absolute atomic E-state index is 0.260. The smallest absolute Gasteiger partial charge is 0.249 e. The van der Waals surface area contributed by atoms with Gasteiger partial charge >= 0.3 is 0 Å². The van der Waals surface area contributed by atoms with E-state index in [1.54, 1.807) is 23.0 Å². The molecule has 1 aliphatic rings. The molecule has 9 heteroatoms. The Labute approximate surface area is 147 Å². The Morgan fingerprint density at radius 1 is 1.28 bits per heavy atom. The van der Waals surface area contributed by atoms with Crippen molar-refractivity contribution in [1.82, 2.24) is 25.1 Å². The molecule has 1 aromatic carbocycles. The second-order valence-electron chi connectivity index (χ2n) is 5.64. The van der Waals surface area contributed by atoms with Crippen molar-refractivity contribution in [3.8, 4) is 5.69 Å². The quantitative estimate of drug-likeness (QED) is 0.692. The summed E-state index contributed by atoms with van der Waals surface area (Å²) in [6, 6.07) is 6.73. The number of carbonyl (C=O) groups is 2. The van der Waals surface area contributed by atoms with Crippen LogP contribution in [0.15, 0.2) is 36.8 Å². The molecule has 1 atom stereocenters. The van der Waals surface area contributed by atoms with E-state index >= 15 is 0 Å². The van der Waals surface area contributed by atoms with Gasteiger partial charge in [0, 0.05) is 11.4 Å². The summed E-state index contributed by atoms with van der Waals surface area (Å²) in [5.74, 6) is -0.123. The summed E-state index contributed by atoms with van der Waals surface area (Å²) in [5, 5.41) is 11.0. The molecule has 0 saturated carbocycles. The summed E-state index contributed by atoms with van der Waals surface area (Å²) in [6.07, 6.45) is 3.74. The van der Waals surface area contributed by atoms with E-state index in [-0.39, 0.29) is 11.8 Å².